The number of carbonyl (C=O) groups is 2. The Labute approximate surface area is 191 Å². The maximum atomic E-state index is 13.2. The Bertz CT molecular complexity index is 1360. The average molecular weight is 437 g/mol. The normalized spacial score (nSPS) is 19.0. The van der Waals surface area contributed by atoms with Crippen LogP contribution in [0.1, 0.15) is 28.3 Å². The van der Waals surface area contributed by atoms with Crippen LogP contribution in [0.25, 0.3) is 22.0 Å². The van der Waals surface area contributed by atoms with Crippen molar-refractivity contribution in [2.24, 2.45) is 11.8 Å². The standard InChI is InChI=1S/C28H23NO4/c30-27(31)22-13-21-20-11-5-6-12-25(20)29-26(21)14-23(22)28(32)33-15-24-18-9-3-1-7-16(18)17-8-2-4-10-19(17)24/h1-12,22-24,29H,13-15H2,(H,30,31)/t22-,23?/m0/s1. The monoisotopic (exact) mass is 437 g/mol. The number of nitrogens with one attached hydrogen (secondary N) is 1. The number of esters is 1. The molecular formula is C28H23NO4. The molecule has 5 heteroatoms. The minimum Gasteiger partial charge on any atom is -0.481 e. The number of hydrogen-bond donors (Lipinski definition) is 2. The molecule has 1 unspecified atom stereocenters. The lowest BCUT2D eigenvalue weighted by Crippen LogP contribution is -2.38. The van der Waals surface area contributed by atoms with Crippen molar-refractivity contribution in [2.75, 3.05) is 6.61 Å². The van der Waals surface area contributed by atoms with Crippen LogP contribution in [0.4, 0.5) is 0 Å². The summed E-state index contributed by atoms with van der Waals surface area (Å²) < 4.78 is 5.83. The first-order valence-corrected chi connectivity index (χ1v) is 11.3. The summed E-state index contributed by atoms with van der Waals surface area (Å²) in [4.78, 5) is 28.7. The van der Waals surface area contributed by atoms with Gasteiger partial charge in [0.15, 0.2) is 0 Å². The highest BCUT2D eigenvalue weighted by molar-refractivity contribution is 5.88. The molecule has 2 N–H and O–H groups in total. The third-order valence-electron chi connectivity index (χ3n) is 7.21. The molecule has 0 bridgehead atoms. The highest BCUT2D eigenvalue weighted by Gasteiger charge is 2.41. The number of H-pyrrole nitrogens is 1. The van der Waals surface area contributed by atoms with Crippen LogP contribution in [0.3, 0.4) is 0 Å². The molecule has 3 aromatic carbocycles. The molecule has 33 heavy (non-hydrogen) atoms. The molecule has 0 aliphatic heterocycles. The molecule has 0 amide bonds. The van der Waals surface area contributed by atoms with Gasteiger partial charge >= 0.3 is 11.9 Å². The van der Waals surface area contributed by atoms with Crippen LogP contribution in [0.5, 0.6) is 0 Å². The van der Waals surface area contributed by atoms with Crippen LogP contribution in [0.2, 0.25) is 0 Å². The number of fused-ring (bicyclic) bond motifs is 6. The van der Waals surface area contributed by atoms with Gasteiger partial charge in [0.25, 0.3) is 0 Å². The Hall–Kier alpha value is -3.86. The van der Waals surface area contributed by atoms with Crippen molar-refractivity contribution in [1.29, 1.82) is 0 Å². The molecule has 6 rings (SSSR count). The van der Waals surface area contributed by atoms with E-state index >= 15 is 0 Å². The van der Waals surface area contributed by atoms with E-state index in [9.17, 15) is 14.7 Å². The number of para-hydroxylation sites is 1. The van der Waals surface area contributed by atoms with Crippen molar-refractivity contribution in [3.63, 3.8) is 0 Å². The number of carbonyl (C=O) groups excluding carboxylic acids is 1. The Morgan fingerprint density at radius 2 is 1.48 bits per heavy atom. The lowest BCUT2D eigenvalue weighted by atomic mass is 9.77. The summed E-state index contributed by atoms with van der Waals surface area (Å²) in [6.45, 7) is 0.204. The van der Waals surface area contributed by atoms with Crippen LogP contribution < -0.4 is 0 Å². The molecule has 164 valence electrons. The van der Waals surface area contributed by atoms with Gasteiger partial charge in [-0.2, -0.15) is 0 Å². The summed E-state index contributed by atoms with van der Waals surface area (Å²) in [5, 5.41) is 10.9. The van der Waals surface area contributed by atoms with Gasteiger partial charge in [0.2, 0.25) is 0 Å². The number of aromatic amines is 1. The second-order valence-electron chi connectivity index (χ2n) is 8.94. The van der Waals surface area contributed by atoms with E-state index < -0.39 is 23.8 Å². The Kier molecular flexibility index (Phi) is 4.57. The van der Waals surface area contributed by atoms with E-state index in [4.69, 9.17) is 4.74 Å². The first-order chi connectivity index (χ1) is 16.1. The van der Waals surface area contributed by atoms with Crippen LogP contribution in [0, 0.1) is 11.8 Å². The fourth-order valence-corrected chi connectivity index (χ4v) is 5.61. The summed E-state index contributed by atoms with van der Waals surface area (Å²) in [6, 6.07) is 24.2. The summed E-state index contributed by atoms with van der Waals surface area (Å²) in [6.07, 6.45) is 0.668. The smallest absolute Gasteiger partial charge is 0.310 e. The fraction of sp³-hybridized carbons (Fsp3) is 0.214. The SMILES string of the molecule is O=C(OCC1c2ccccc2-c2ccccc21)C1Cc2[nH]c3ccccc3c2C[C@@H]1C(=O)O. The Balaban J connectivity index is 1.27. The number of hydrogen-bond acceptors (Lipinski definition) is 3. The number of carboxylic acids is 1. The maximum absolute atomic E-state index is 13.2. The van der Waals surface area contributed by atoms with Gasteiger partial charge in [-0.1, -0.05) is 66.7 Å². The maximum Gasteiger partial charge on any atom is 0.310 e. The Morgan fingerprint density at radius 1 is 0.848 bits per heavy atom. The summed E-state index contributed by atoms with van der Waals surface area (Å²) in [7, 11) is 0. The van der Waals surface area contributed by atoms with Gasteiger partial charge < -0.3 is 14.8 Å². The predicted octanol–water partition coefficient (Wildman–Crippen LogP) is 4.94. The molecule has 2 aliphatic carbocycles. The predicted molar refractivity (Wildman–Crippen MR) is 125 cm³/mol. The van der Waals surface area contributed by atoms with Gasteiger partial charge in [-0.25, -0.2) is 0 Å². The van der Waals surface area contributed by atoms with Crippen molar-refractivity contribution in [3.8, 4) is 11.1 Å². The van der Waals surface area contributed by atoms with Crippen LogP contribution in [-0.2, 0) is 27.2 Å². The van der Waals surface area contributed by atoms with Gasteiger partial charge in [-0.05, 0) is 40.3 Å². The van der Waals surface area contributed by atoms with Crippen molar-refractivity contribution in [1.82, 2.24) is 4.98 Å². The highest BCUT2D eigenvalue weighted by atomic mass is 16.5. The zero-order chi connectivity index (χ0) is 22.5. The molecule has 0 saturated heterocycles. The van der Waals surface area contributed by atoms with Gasteiger partial charge in [-0.3, -0.25) is 9.59 Å². The molecular weight excluding hydrogens is 414 g/mol. The molecule has 0 spiro atoms. The Morgan fingerprint density at radius 3 is 2.18 bits per heavy atom. The average Bonchev–Trinajstić information content (AvgIpc) is 3.37. The summed E-state index contributed by atoms with van der Waals surface area (Å²) in [5.41, 5.74) is 7.52. The number of aliphatic carboxylic acids is 1. The number of aromatic nitrogens is 1. The second kappa shape index (κ2) is 7.62. The number of rotatable bonds is 4. The van der Waals surface area contributed by atoms with Crippen molar-refractivity contribution >= 4 is 22.8 Å². The number of benzene rings is 3. The van der Waals surface area contributed by atoms with E-state index in [1.807, 2.05) is 48.5 Å². The van der Waals surface area contributed by atoms with E-state index in [1.54, 1.807) is 0 Å². The van der Waals surface area contributed by atoms with Gasteiger partial charge in [0.1, 0.15) is 6.61 Å². The first-order valence-electron chi connectivity index (χ1n) is 11.3. The van der Waals surface area contributed by atoms with Crippen LogP contribution >= 0.6 is 0 Å². The van der Waals surface area contributed by atoms with Crippen LogP contribution in [-0.4, -0.2) is 28.6 Å². The highest BCUT2D eigenvalue weighted by Crippen LogP contribution is 2.45. The molecule has 0 radical (unpaired) electrons. The van der Waals surface area contributed by atoms with Crippen molar-refractivity contribution < 1.29 is 19.4 Å². The molecule has 5 nitrogen and oxygen atoms in total. The van der Waals surface area contributed by atoms with Crippen molar-refractivity contribution in [3.05, 3.63) is 95.2 Å². The molecule has 0 saturated carbocycles. The molecule has 4 aromatic rings. The molecule has 1 heterocycles. The zero-order valence-corrected chi connectivity index (χ0v) is 18.0. The van der Waals surface area contributed by atoms with Gasteiger partial charge in [-0.15, -0.1) is 0 Å². The molecule has 2 atom stereocenters. The van der Waals surface area contributed by atoms with E-state index in [0.717, 1.165) is 44.4 Å². The first kappa shape index (κ1) is 19.8. The zero-order valence-electron chi connectivity index (χ0n) is 18.0. The number of ether oxygens (including phenoxy) is 1. The third kappa shape index (κ3) is 3.15. The van der Waals surface area contributed by atoms with E-state index in [-0.39, 0.29) is 12.5 Å². The number of carboxylic acid groups (broad SMARTS) is 1. The van der Waals surface area contributed by atoms with Crippen LogP contribution in [0.15, 0.2) is 72.8 Å². The van der Waals surface area contributed by atoms with E-state index in [1.165, 1.54) is 0 Å². The third-order valence-corrected chi connectivity index (χ3v) is 7.21. The second-order valence-corrected chi connectivity index (χ2v) is 8.94. The topological polar surface area (TPSA) is 79.4 Å². The lowest BCUT2D eigenvalue weighted by molar-refractivity contribution is -0.158. The van der Waals surface area contributed by atoms with E-state index in [0.29, 0.717) is 12.8 Å². The van der Waals surface area contributed by atoms with Gasteiger partial charge in [0, 0.05) is 28.9 Å². The minimum absolute atomic E-state index is 0.0446. The summed E-state index contributed by atoms with van der Waals surface area (Å²) in [5.74, 6) is -2.95. The summed E-state index contributed by atoms with van der Waals surface area (Å²) >= 11 is 0. The lowest BCUT2D eigenvalue weighted by Gasteiger charge is -2.28. The molecule has 1 aromatic heterocycles. The molecule has 0 fully saturated rings. The largest absolute Gasteiger partial charge is 0.481 e. The van der Waals surface area contributed by atoms with Gasteiger partial charge in [0.05, 0.1) is 11.8 Å². The molecule has 2 aliphatic rings. The van der Waals surface area contributed by atoms with Crippen molar-refractivity contribution in [2.45, 2.75) is 18.8 Å². The quantitative estimate of drug-likeness (QED) is 0.443. The fourth-order valence-electron chi connectivity index (χ4n) is 5.61. The van der Waals surface area contributed by atoms with E-state index in [2.05, 4.69) is 29.2 Å². The minimum atomic E-state index is -0.954.